The molecule has 0 unspecified atom stereocenters. The number of likely N-dealkylation sites (tertiary alicyclic amines) is 2. The fourth-order valence-corrected chi connectivity index (χ4v) is 9.31. The first kappa shape index (κ1) is 38.0. The van der Waals surface area contributed by atoms with Gasteiger partial charge in [0.05, 0.1) is 0 Å². The van der Waals surface area contributed by atoms with Crippen LogP contribution in [0.2, 0.25) is 0 Å². The molecule has 0 radical (unpaired) electrons. The van der Waals surface area contributed by atoms with Crippen molar-refractivity contribution < 1.29 is 13.6 Å². The molecule has 0 aromatic heterocycles. The zero-order valence-electron chi connectivity index (χ0n) is 30.4. The van der Waals surface area contributed by atoms with Crippen LogP contribution in [0.3, 0.4) is 0 Å². The van der Waals surface area contributed by atoms with Crippen LogP contribution in [0.25, 0.3) is 0 Å². The fourth-order valence-electron chi connectivity index (χ4n) is 9.31. The average Bonchev–Trinajstić information content (AvgIpc) is 3.11. The van der Waals surface area contributed by atoms with E-state index in [1.807, 2.05) is 31.3 Å². The van der Waals surface area contributed by atoms with Gasteiger partial charge in [-0.2, -0.15) is 0 Å². The van der Waals surface area contributed by atoms with Gasteiger partial charge in [0.2, 0.25) is 0 Å². The molecular weight excluding hydrogens is 616 g/mol. The number of rotatable bonds is 11. The molecule has 272 valence electrons. The lowest BCUT2D eigenvalue weighted by Crippen LogP contribution is -2.49. The maximum Gasteiger partial charge on any atom is 0.133 e. The normalized spacial score (nSPS) is 30.1. The van der Waals surface area contributed by atoms with Crippen molar-refractivity contribution in [1.82, 2.24) is 25.8 Å². The molecule has 2 heterocycles. The van der Waals surface area contributed by atoms with Crippen LogP contribution >= 0.6 is 0 Å². The van der Waals surface area contributed by atoms with Crippen molar-refractivity contribution in [1.29, 1.82) is 0 Å². The zero-order chi connectivity index (χ0) is 34.6. The summed E-state index contributed by atoms with van der Waals surface area (Å²) in [5, 5.41) is 10.4. The van der Waals surface area contributed by atoms with Gasteiger partial charge in [-0.05, 0) is 158 Å². The molecule has 2 saturated carbocycles. The van der Waals surface area contributed by atoms with Gasteiger partial charge in [-0.15, -0.1) is 0 Å². The van der Waals surface area contributed by atoms with E-state index in [1.165, 1.54) is 75.7 Å². The Hall–Kier alpha value is -2.23. The Morgan fingerprint density at radius 3 is 1.67 bits per heavy atom. The van der Waals surface area contributed by atoms with Crippen molar-refractivity contribution in [3.05, 3.63) is 71.3 Å². The predicted molar refractivity (Wildman–Crippen MR) is 197 cm³/mol. The number of Topliss-reactive ketones (excluding diaryl/α,β-unsaturated/α-hetero) is 1. The highest BCUT2D eigenvalue weighted by Crippen LogP contribution is 2.29. The van der Waals surface area contributed by atoms with Crippen LogP contribution in [0.1, 0.15) is 75.3 Å². The van der Waals surface area contributed by atoms with Gasteiger partial charge in [0, 0.05) is 57.1 Å². The third-order valence-corrected chi connectivity index (χ3v) is 12.0. The molecule has 0 spiro atoms. The quantitative estimate of drug-likeness (QED) is 0.267. The summed E-state index contributed by atoms with van der Waals surface area (Å²) in [6.45, 7) is 6.89. The molecule has 6 rings (SSSR count). The Morgan fingerprint density at radius 1 is 0.653 bits per heavy atom. The van der Waals surface area contributed by atoms with Crippen LogP contribution in [0, 0.1) is 35.3 Å². The van der Waals surface area contributed by atoms with E-state index in [-0.39, 0.29) is 11.6 Å². The van der Waals surface area contributed by atoms with Gasteiger partial charge in [-0.25, -0.2) is 8.78 Å². The summed E-state index contributed by atoms with van der Waals surface area (Å²) >= 11 is 0. The molecule has 0 bridgehead atoms. The highest BCUT2D eigenvalue weighted by atomic mass is 19.1. The van der Waals surface area contributed by atoms with Gasteiger partial charge in [0.25, 0.3) is 0 Å². The third kappa shape index (κ3) is 11.9. The van der Waals surface area contributed by atoms with Gasteiger partial charge in [0.1, 0.15) is 17.4 Å². The molecule has 8 heteroatoms. The molecule has 0 amide bonds. The second-order valence-electron chi connectivity index (χ2n) is 15.6. The number of halogens is 2. The zero-order valence-corrected chi connectivity index (χ0v) is 30.4. The summed E-state index contributed by atoms with van der Waals surface area (Å²) in [5.41, 5.74) is 2.50. The molecule has 6 nitrogen and oxygen atoms in total. The monoisotopic (exact) mass is 680 g/mol. The summed E-state index contributed by atoms with van der Waals surface area (Å²) in [6.07, 6.45) is 13.4. The molecule has 3 N–H and O–H groups in total. The number of nitrogens with zero attached hydrogens (tertiary/aromatic N) is 2. The molecule has 2 saturated heterocycles. The number of nitrogens with one attached hydrogen (secondary N) is 3. The van der Waals surface area contributed by atoms with E-state index in [9.17, 15) is 13.6 Å². The minimum absolute atomic E-state index is 0.136. The van der Waals surface area contributed by atoms with Crippen molar-refractivity contribution in [3.8, 4) is 0 Å². The van der Waals surface area contributed by atoms with Crippen molar-refractivity contribution in [3.63, 3.8) is 0 Å². The van der Waals surface area contributed by atoms with Gasteiger partial charge in [-0.3, -0.25) is 4.79 Å². The van der Waals surface area contributed by atoms with E-state index in [2.05, 4.69) is 39.8 Å². The van der Waals surface area contributed by atoms with Crippen LogP contribution < -0.4 is 16.0 Å². The van der Waals surface area contributed by atoms with Crippen molar-refractivity contribution in [2.75, 3.05) is 60.4 Å². The molecule has 2 aromatic carbocycles. The Labute approximate surface area is 295 Å². The first-order valence-corrected chi connectivity index (χ1v) is 19.3. The second-order valence-corrected chi connectivity index (χ2v) is 15.6. The number of carbonyl (C=O) groups is 1. The van der Waals surface area contributed by atoms with Crippen LogP contribution in [0.15, 0.2) is 48.5 Å². The highest BCUT2D eigenvalue weighted by Gasteiger charge is 2.33. The van der Waals surface area contributed by atoms with Gasteiger partial charge in [-0.1, -0.05) is 24.3 Å². The number of hydrogen-bond acceptors (Lipinski definition) is 6. The molecule has 2 aliphatic carbocycles. The lowest BCUT2D eigenvalue weighted by atomic mass is 9.80. The Bertz CT molecular complexity index is 1260. The second kappa shape index (κ2) is 19.4. The molecule has 7 atom stereocenters. The number of piperidine rings is 2. The number of ketones is 1. The van der Waals surface area contributed by atoms with E-state index in [0.29, 0.717) is 41.7 Å². The summed E-state index contributed by atoms with van der Waals surface area (Å²) in [4.78, 5) is 17.1. The number of hydrogen-bond donors (Lipinski definition) is 3. The number of benzene rings is 2. The van der Waals surface area contributed by atoms with Crippen LogP contribution in [-0.2, 0) is 17.6 Å². The Balaban J connectivity index is 0.000000191. The topological polar surface area (TPSA) is 59.6 Å². The fraction of sp³-hybridized carbons (Fsp3) is 0.683. The summed E-state index contributed by atoms with van der Waals surface area (Å²) in [7, 11) is 6.23. The largest absolute Gasteiger partial charge is 0.317 e. The number of carbonyl (C=O) groups excluding carboxylic acids is 1. The average molecular weight is 680 g/mol. The first-order valence-electron chi connectivity index (χ1n) is 19.3. The SMILES string of the molecule is CN[C@@H]1CCC(=O)C[C@H]1CN1CCC[C@@H](Cc2ccc(F)cc2)C1.CN[C@@H]1CC[C@@H](NC)[C@H](CN2CCC[C@@H](Cc3ccc(F)cc3)C2)C1. The summed E-state index contributed by atoms with van der Waals surface area (Å²) < 4.78 is 26.1. The van der Waals surface area contributed by atoms with Crippen LogP contribution in [-0.4, -0.2) is 94.1 Å². The van der Waals surface area contributed by atoms with Gasteiger partial charge >= 0.3 is 0 Å². The standard InChI is InChI=1S/C21H34FN3.C20H29FN2O/c1-23-20-9-10-21(24-2)18(13-20)15-25-11-3-4-17(14-25)12-16-5-7-19(22)8-6-16;1-22-20-9-8-19(24)12-17(20)14-23-10-2-3-16(13-23)11-15-4-6-18(21)7-5-15/h5-8,17-18,20-21,23-24H,3-4,9-15H2,1-2H3;4-7,16-17,20,22H,2-3,8-14H2,1H3/t17-,18-,20+,21+;16-,17-,20+/m00/s1. The van der Waals surface area contributed by atoms with E-state index in [1.54, 1.807) is 24.3 Å². The van der Waals surface area contributed by atoms with Crippen LogP contribution in [0.5, 0.6) is 0 Å². The van der Waals surface area contributed by atoms with Gasteiger partial charge < -0.3 is 25.8 Å². The molecule has 4 fully saturated rings. The van der Waals surface area contributed by atoms with Crippen molar-refractivity contribution in [2.45, 2.75) is 95.2 Å². The maximum absolute atomic E-state index is 13.1. The van der Waals surface area contributed by atoms with Crippen molar-refractivity contribution >= 4 is 5.78 Å². The lowest BCUT2D eigenvalue weighted by Gasteiger charge is -2.41. The van der Waals surface area contributed by atoms with E-state index < -0.39 is 0 Å². The maximum atomic E-state index is 13.1. The van der Waals surface area contributed by atoms with Gasteiger partial charge in [0.15, 0.2) is 0 Å². The molecule has 49 heavy (non-hydrogen) atoms. The van der Waals surface area contributed by atoms with E-state index in [0.717, 1.165) is 57.7 Å². The lowest BCUT2D eigenvalue weighted by molar-refractivity contribution is -0.122. The Kier molecular flexibility index (Phi) is 15.0. The third-order valence-electron chi connectivity index (χ3n) is 12.0. The minimum Gasteiger partial charge on any atom is -0.317 e. The Morgan fingerprint density at radius 2 is 1.16 bits per heavy atom. The summed E-state index contributed by atoms with van der Waals surface area (Å²) in [5.74, 6) is 2.65. The highest BCUT2D eigenvalue weighted by molar-refractivity contribution is 5.79. The molecule has 2 aliphatic heterocycles. The van der Waals surface area contributed by atoms with Crippen molar-refractivity contribution in [2.24, 2.45) is 23.7 Å². The first-order chi connectivity index (χ1) is 23.8. The minimum atomic E-state index is -0.163. The summed E-state index contributed by atoms with van der Waals surface area (Å²) in [6, 6.07) is 15.8. The predicted octanol–water partition coefficient (Wildman–Crippen LogP) is 6.09. The molecule has 4 aliphatic rings. The molecule has 2 aromatic rings. The molecular formula is C41H63F2N5O. The smallest absolute Gasteiger partial charge is 0.133 e. The van der Waals surface area contributed by atoms with E-state index in [4.69, 9.17) is 0 Å². The van der Waals surface area contributed by atoms with Crippen LogP contribution in [0.4, 0.5) is 8.78 Å². The van der Waals surface area contributed by atoms with E-state index >= 15 is 0 Å².